The van der Waals surface area contributed by atoms with E-state index in [2.05, 4.69) is 10.2 Å². The largest absolute Gasteiger partial charge is 0.459 e. The zero-order chi connectivity index (χ0) is 16.2. The highest BCUT2D eigenvalue weighted by Crippen LogP contribution is 2.24. The summed E-state index contributed by atoms with van der Waals surface area (Å²) in [6, 6.07) is 7.13. The Morgan fingerprint density at radius 2 is 2.00 bits per heavy atom. The Balaban J connectivity index is 1.70. The second-order valence-electron chi connectivity index (χ2n) is 5.41. The SMILES string of the molecule is O=CN1CCC(OC(=O)c2cn[nH]c2-c2ccc(Cl)cc2)CC1. The molecular weight excluding hydrogens is 318 g/mol. The number of aromatic amines is 1. The molecule has 2 aromatic rings. The van der Waals surface area contributed by atoms with Crippen molar-refractivity contribution < 1.29 is 14.3 Å². The lowest BCUT2D eigenvalue weighted by Crippen LogP contribution is -2.36. The number of esters is 1. The molecule has 0 atom stereocenters. The van der Waals surface area contributed by atoms with E-state index in [1.54, 1.807) is 17.0 Å². The minimum Gasteiger partial charge on any atom is -0.459 e. The number of H-pyrrole nitrogens is 1. The van der Waals surface area contributed by atoms with E-state index in [4.69, 9.17) is 16.3 Å². The van der Waals surface area contributed by atoms with Gasteiger partial charge in [0.15, 0.2) is 0 Å². The number of rotatable bonds is 4. The average Bonchev–Trinajstić information content (AvgIpc) is 3.06. The van der Waals surface area contributed by atoms with Crippen molar-refractivity contribution in [2.45, 2.75) is 18.9 Å². The maximum absolute atomic E-state index is 12.4. The third-order valence-electron chi connectivity index (χ3n) is 3.89. The molecule has 1 aromatic carbocycles. The summed E-state index contributed by atoms with van der Waals surface area (Å²) in [4.78, 5) is 24.8. The molecule has 1 N–H and O–H groups in total. The number of carbonyl (C=O) groups is 2. The fourth-order valence-electron chi connectivity index (χ4n) is 2.59. The average molecular weight is 334 g/mol. The first kappa shape index (κ1) is 15.6. The standard InChI is InChI=1S/C16H16ClN3O3/c17-12-3-1-11(2-4-12)15-14(9-18-19-15)16(22)23-13-5-7-20(10-21)8-6-13/h1-4,9-10,13H,5-8H2,(H,18,19). The molecule has 1 aliphatic rings. The number of piperidine rings is 1. The summed E-state index contributed by atoms with van der Waals surface area (Å²) < 4.78 is 5.55. The van der Waals surface area contributed by atoms with E-state index in [9.17, 15) is 9.59 Å². The van der Waals surface area contributed by atoms with Gasteiger partial charge in [0.2, 0.25) is 6.41 Å². The molecule has 1 fully saturated rings. The van der Waals surface area contributed by atoms with Crippen LogP contribution in [0.25, 0.3) is 11.3 Å². The monoisotopic (exact) mass is 333 g/mol. The van der Waals surface area contributed by atoms with Crippen molar-refractivity contribution >= 4 is 24.0 Å². The fraction of sp³-hybridized carbons (Fsp3) is 0.312. The molecule has 3 rings (SSSR count). The Morgan fingerprint density at radius 1 is 1.30 bits per heavy atom. The van der Waals surface area contributed by atoms with Crippen molar-refractivity contribution in [2.24, 2.45) is 0 Å². The highest BCUT2D eigenvalue weighted by Gasteiger charge is 2.24. The second kappa shape index (κ2) is 6.83. The molecule has 2 heterocycles. The molecule has 0 spiro atoms. The lowest BCUT2D eigenvalue weighted by molar-refractivity contribution is -0.120. The quantitative estimate of drug-likeness (QED) is 0.689. The molecule has 0 aliphatic carbocycles. The van der Waals surface area contributed by atoms with Gasteiger partial charge in [0.25, 0.3) is 0 Å². The predicted molar refractivity (Wildman–Crippen MR) is 85.1 cm³/mol. The minimum absolute atomic E-state index is 0.174. The summed E-state index contributed by atoms with van der Waals surface area (Å²) >= 11 is 5.88. The van der Waals surface area contributed by atoms with Gasteiger partial charge in [0, 0.05) is 36.5 Å². The van der Waals surface area contributed by atoms with Crippen LogP contribution < -0.4 is 0 Å². The summed E-state index contributed by atoms with van der Waals surface area (Å²) in [7, 11) is 0. The zero-order valence-corrected chi connectivity index (χ0v) is 13.1. The molecule has 1 amide bonds. The van der Waals surface area contributed by atoms with E-state index in [0.29, 0.717) is 42.2 Å². The normalized spacial score (nSPS) is 15.4. The Labute approximate surface area is 138 Å². The number of halogens is 1. The molecule has 0 bridgehead atoms. The number of ether oxygens (including phenoxy) is 1. The van der Waals surface area contributed by atoms with E-state index in [0.717, 1.165) is 12.0 Å². The molecular formula is C16H16ClN3O3. The van der Waals surface area contributed by atoms with Crippen molar-refractivity contribution in [1.82, 2.24) is 15.1 Å². The first-order valence-corrected chi connectivity index (χ1v) is 7.75. The summed E-state index contributed by atoms with van der Waals surface area (Å²) in [5, 5.41) is 7.40. The van der Waals surface area contributed by atoms with Gasteiger partial charge < -0.3 is 9.64 Å². The number of benzene rings is 1. The Bertz CT molecular complexity index is 691. The smallest absolute Gasteiger partial charge is 0.342 e. The molecule has 7 heteroatoms. The third-order valence-corrected chi connectivity index (χ3v) is 4.14. The zero-order valence-electron chi connectivity index (χ0n) is 12.4. The van der Waals surface area contributed by atoms with Crippen LogP contribution in [0.3, 0.4) is 0 Å². The van der Waals surface area contributed by atoms with Crippen LogP contribution in [0.2, 0.25) is 5.02 Å². The van der Waals surface area contributed by atoms with Gasteiger partial charge in [-0.25, -0.2) is 4.79 Å². The number of nitrogens with one attached hydrogen (secondary N) is 1. The van der Waals surface area contributed by atoms with Crippen LogP contribution in [0, 0.1) is 0 Å². The van der Waals surface area contributed by atoms with Crippen LogP contribution >= 0.6 is 11.6 Å². The Morgan fingerprint density at radius 3 is 2.65 bits per heavy atom. The number of hydrogen-bond acceptors (Lipinski definition) is 4. The van der Waals surface area contributed by atoms with E-state index in [-0.39, 0.29) is 6.10 Å². The first-order valence-electron chi connectivity index (χ1n) is 7.37. The Kier molecular flexibility index (Phi) is 4.62. The number of likely N-dealkylation sites (tertiary alicyclic amines) is 1. The van der Waals surface area contributed by atoms with Crippen LogP contribution in [0.15, 0.2) is 30.5 Å². The van der Waals surface area contributed by atoms with Gasteiger partial charge in [-0.15, -0.1) is 0 Å². The maximum Gasteiger partial charge on any atom is 0.342 e. The van der Waals surface area contributed by atoms with Crippen LogP contribution in [0.4, 0.5) is 0 Å². The van der Waals surface area contributed by atoms with Gasteiger partial charge >= 0.3 is 5.97 Å². The summed E-state index contributed by atoms with van der Waals surface area (Å²) in [5.41, 5.74) is 1.82. The Hall–Kier alpha value is -2.34. The van der Waals surface area contributed by atoms with Gasteiger partial charge in [0.05, 0.1) is 11.9 Å². The van der Waals surface area contributed by atoms with Crippen molar-refractivity contribution in [3.8, 4) is 11.3 Å². The number of amides is 1. The highest BCUT2D eigenvalue weighted by molar-refractivity contribution is 6.30. The van der Waals surface area contributed by atoms with E-state index >= 15 is 0 Å². The van der Waals surface area contributed by atoms with E-state index < -0.39 is 5.97 Å². The predicted octanol–water partition coefficient (Wildman–Crippen LogP) is 2.51. The molecule has 1 aromatic heterocycles. The van der Waals surface area contributed by atoms with Crippen LogP contribution in [0.5, 0.6) is 0 Å². The van der Waals surface area contributed by atoms with E-state index in [1.165, 1.54) is 6.20 Å². The number of carbonyl (C=O) groups excluding carboxylic acids is 2. The molecule has 6 nitrogen and oxygen atoms in total. The lowest BCUT2D eigenvalue weighted by Gasteiger charge is -2.28. The molecule has 0 saturated carbocycles. The molecule has 1 saturated heterocycles. The maximum atomic E-state index is 12.4. The van der Waals surface area contributed by atoms with Crippen LogP contribution in [-0.2, 0) is 9.53 Å². The molecule has 23 heavy (non-hydrogen) atoms. The van der Waals surface area contributed by atoms with Crippen molar-refractivity contribution in [2.75, 3.05) is 13.1 Å². The number of aromatic nitrogens is 2. The summed E-state index contributed by atoms with van der Waals surface area (Å²) in [6.07, 6.45) is 3.42. The van der Waals surface area contributed by atoms with Crippen LogP contribution in [-0.4, -0.2) is 46.7 Å². The van der Waals surface area contributed by atoms with Gasteiger partial charge in [-0.2, -0.15) is 5.10 Å². The fourth-order valence-corrected chi connectivity index (χ4v) is 2.72. The molecule has 0 unspecified atom stereocenters. The summed E-state index contributed by atoms with van der Waals surface area (Å²) in [6.45, 7) is 1.22. The lowest BCUT2D eigenvalue weighted by atomic mass is 10.1. The molecule has 120 valence electrons. The van der Waals surface area contributed by atoms with Crippen LogP contribution in [0.1, 0.15) is 23.2 Å². The second-order valence-corrected chi connectivity index (χ2v) is 5.85. The minimum atomic E-state index is -0.409. The van der Waals surface area contributed by atoms with Crippen molar-refractivity contribution in [3.05, 3.63) is 41.0 Å². The van der Waals surface area contributed by atoms with Gasteiger partial charge in [-0.05, 0) is 12.1 Å². The first-order chi connectivity index (χ1) is 11.2. The van der Waals surface area contributed by atoms with E-state index in [1.807, 2.05) is 12.1 Å². The van der Waals surface area contributed by atoms with Crippen molar-refractivity contribution in [1.29, 1.82) is 0 Å². The molecule has 1 aliphatic heterocycles. The third kappa shape index (κ3) is 3.53. The molecule has 0 radical (unpaired) electrons. The van der Waals surface area contributed by atoms with Gasteiger partial charge in [-0.1, -0.05) is 23.7 Å². The van der Waals surface area contributed by atoms with Gasteiger partial charge in [0.1, 0.15) is 11.7 Å². The van der Waals surface area contributed by atoms with Crippen molar-refractivity contribution in [3.63, 3.8) is 0 Å². The number of hydrogen-bond donors (Lipinski definition) is 1. The highest BCUT2D eigenvalue weighted by atomic mass is 35.5. The number of nitrogens with zero attached hydrogens (tertiary/aromatic N) is 2. The summed E-state index contributed by atoms with van der Waals surface area (Å²) in [5.74, 6) is -0.409. The van der Waals surface area contributed by atoms with Gasteiger partial charge in [-0.3, -0.25) is 9.89 Å². The topological polar surface area (TPSA) is 75.3 Å².